The van der Waals surface area contributed by atoms with E-state index in [1.807, 2.05) is 0 Å². The predicted octanol–water partition coefficient (Wildman–Crippen LogP) is -3.11. The van der Waals surface area contributed by atoms with Gasteiger partial charge in [0.05, 0.1) is 6.54 Å². The Bertz CT molecular complexity index is 241. The van der Waals surface area contributed by atoms with E-state index in [0.717, 1.165) is 4.90 Å². The molecule has 0 saturated heterocycles. The van der Waals surface area contributed by atoms with Crippen molar-refractivity contribution in [1.29, 1.82) is 0 Å². The zero-order chi connectivity index (χ0) is 11.1. The number of carbonyl (C=O) groups is 3. The second kappa shape index (κ2) is 5.92. The van der Waals surface area contributed by atoms with Crippen molar-refractivity contribution in [3.63, 3.8) is 0 Å². The molecule has 0 saturated carbocycles. The summed E-state index contributed by atoms with van der Waals surface area (Å²) >= 11 is 0. The number of carboxylic acid groups (broad SMARTS) is 1. The van der Waals surface area contributed by atoms with Crippen LogP contribution in [0.5, 0.6) is 0 Å². The molecule has 0 radical (unpaired) electrons. The highest BCUT2D eigenvalue weighted by atomic mass is 16.4. The molecule has 0 atom stereocenters. The summed E-state index contributed by atoms with van der Waals surface area (Å²) in [6.45, 7) is -0.521. The molecule has 0 unspecified atom stereocenters. The summed E-state index contributed by atoms with van der Waals surface area (Å²) < 4.78 is 0. The third-order valence-electron chi connectivity index (χ3n) is 1.46. The molecule has 0 bridgehead atoms. The summed E-state index contributed by atoms with van der Waals surface area (Å²) in [6.07, 6.45) is 0. The van der Waals surface area contributed by atoms with Crippen LogP contribution in [0, 0.1) is 0 Å². The van der Waals surface area contributed by atoms with Gasteiger partial charge in [-0.05, 0) is 0 Å². The molecule has 0 aliphatic heterocycles. The van der Waals surface area contributed by atoms with E-state index >= 15 is 0 Å². The van der Waals surface area contributed by atoms with Crippen LogP contribution in [0.15, 0.2) is 0 Å². The standard InChI is InChI=1S/C7H13N3O4/c1-10(4-7(13)14)6(12)3-9-5(11)2-8/h2-4,8H2,1H3,(H,9,11)(H,13,14)/p+1. The van der Waals surface area contributed by atoms with Crippen LogP contribution in [0.1, 0.15) is 0 Å². The van der Waals surface area contributed by atoms with Gasteiger partial charge in [0.2, 0.25) is 5.91 Å². The zero-order valence-electron chi connectivity index (χ0n) is 7.95. The molecule has 5 N–H and O–H groups in total. The lowest BCUT2D eigenvalue weighted by atomic mass is 10.4. The topological polar surface area (TPSA) is 114 Å². The van der Waals surface area contributed by atoms with Crippen LogP contribution in [-0.4, -0.2) is 54.5 Å². The molecule has 0 aliphatic rings. The van der Waals surface area contributed by atoms with Crippen LogP contribution in [-0.2, 0) is 14.4 Å². The maximum absolute atomic E-state index is 11.1. The molecular weight excluding hydrogens is 190 g/mol. The molecule has 7 heteroatoms. The number of amides is 2. The minimum Gasteiger partial charge on any atom is -0.480 e. The number of hydrogen-bond donors (Lipinski definition) is 3. The van der Waals surface area contributed by atoms with Gasteiger partial charge in [0, 0.05) is 7.05 Å². The van der Waals surface area contributed by atoms with Crippen LogP contribution in [0.25, 0.3) is 0 Å². The Morgan fingerprint density at radius 2 is 2.00 bits per heavy atom. The lowest BCUT2D eigenvalue weighted by molar-refractivity contribution is -0.355. The molecule has 7 nitrogen and oxygen atoms in total. The van der Waals surface area contributed by atoms with E-state index in [1.54, 1.807) is 0 Å². The largest absolute Gasteiger partial charge is 0.480 e. The first kappa shape index (κ1) is 12.4. The Morgan fingerprint density at radius 3 is 2.43 bits per heavy atom. The molecule has 0 spiro atoms. The molecule has 80 valence electrons. The van der Waals surface area contributed by atoms with E-state index in [9.17, 15) is 14.4 Å². The molecule has 2 amide bonds. The Kier molecular flexibility index (Phi) is 5.23. The first-order valence-corrected chi connectivity index (χ1v) is 3.99. The quantitative estimate of drug-likeness (QED) is 0.439. The van der Waals surface area contributed by atoms with E-state index in [2.05, 4.69) is 11.1 Å². The minimum atomic E-state index is -1.09. The summed E-state index contributed by atoms with van der Waals surface area (Å²) in [5, 5.41) is 10.7. The third-order valence-corrected chi connectivity index (χ3v) is 1.46. The van der Waals surface area contributed by atoms with Crippen LogP contribution in [0.2, 0.25) is 0 Å². The van der Waals surface area contributed by atoms with Gasteiger partial charge in [0.15, 0.2) is 6.54 Å². The van der Waals surface area contributed by atoms with Crippen molar-refractivity contribution in [2.75, 3.05) is 26.7 Å². The Hall–Kier alpha value is -1.63. The molecule has 0 heterocycles. The van der Waals surface area contributed by atoms with Gasteiger partial charge in [-0.25, -0.2) is 0 Å². The number of aliphatic carboxylic acids is 1. The van der Waals surface area contributed by atoms with Crippen molar-refractivity contribution in [1.82, 2.24) is 10.2 Å². The average molecular weight is 204 g/mol. The van der Waals surface area contributed by atoms with Crippen molar-refractivity contribution in [3.05, 3.63) is 0 Å². The maximum atomic E-state index is 11.1. The SMILES string of the molecule is CN(CC(=O)O)C(=O)CNC(=O)C[NH3+]. The van der Waals surface area contributed by atoms with E-state index < -0.39 is 11.9 Å². The summed E-state index contributed by atoms with van der Waals surface area (Å²) in [6, 6.07) is 0. The zero-order valence-corrected chi connectivity index (χ0v) is 7.95. The normalized spacial score (nSPS) is 9.29. The van der Waals surface area contributed by atoms with Crippen molar-refractivity contribution in [3.8, 4) is 0 Å². The lowest BCUT2D eigenvalue weighted by Gasteiger charge is -2.14. The van der Waals surface area contributed by atoms with Crippen LogP contribution >= 0.6 is 0 Å². The van der Waals surface area contributed by atoms with Gasteiger partial charge in [0.25, 0.3) is 5.91 Å². The third kappa shape index (κ3) is 5.09. The first-order chi connectivity index (χ1) is 6.47. The number of nitrogens with one attached hydrogen (secondary N) is 1. The van der Waals surface area contributed by atoms with Crippen molar-refractivity contribution >= 4 is 17.8 Å². The van der Waals surface area contributed by atoms with E-state index in [-0.39, 0.29) is 25.5 Å². The van der Waals surface area contributed by atoms with Gasteiger partial charge in [0.1, 0.15) is 6.54 Å². The smallest absolute Gasteiger partial charge is 0.323 e. The van der Waals surface area contributed by atoms with Crippen LogP contribution in [0.3, 0.4) is 0 Å². The van der Waals surface area contributed by atoms with E-state index in [4.69, 9.17) is 5.11 Å². The van der Waals surface area contributed by atoms with Crippen LogP contribution < -0.4 is 11.1 Å². The number of nitrogens with zero attached hydrogens (tertiary/aromatic N) is 1. The second-order valence-corrected chi connectivity index (χ2v) is 2.67. The molecule has 0 rings (SSSR count). The molecule has 0 fully saturated rings. The number of likely N-dealkylation sites (N-methyl/N-ethyl adjacent to an activating group) is 1. The van der Waals surface area contributed by atoms with Crippen molar-refractivity contribution in [2.24, 2.45) is 0 Å². The highest BCUT2D eigenvalue weighted by Crippen LogP contribution is 1.82. The molecule has 0 aliphatic carbocycles. The number of quaternary nitrogens is 1. The van der Waals surface area contributed by atoms with Gasteiger partial charge < -0.3 is 21.1 Å². The predicted molar refractivity (Wildman–Crippen MR) is 46.0 cm³/mol. The molecule has 0 aromatic rings. The Balaban J connectivity index is 3.84. The van der Waals surface area contributed by atoms with Crippen molar-refractivity contribution < 1.29 is 25.2 Å². The summed E-state index contributed by atoms with van der Waals surface area (Å²) in [5.74, 6) is -1.89. The highest BCUT2D eigenvalue weighted by molar-refractivity contribution is 5.86. The van der Waals surface area contributed by atoms with E-state index in [1.165, 1.54) is 7.05 Å². The fourth-order valence-electron chi connectivity index (χ4n) is 0.689. The highest BCUT2D eigenvalue weighted by Gasteiger charge is 2.12. The number of carbonyl (C=O) groups excluding carboxylic acids is 2. The van der Waals surface area contributed by atoms with Gasteiger partial charge in [-0.2, -0.15) is 0 Å². The number of carboxylic acids is 1. The Labute approximate surface area is 80.9 Å². The fraction of sp³-hybridized carbons (Fsp3) is 0.571. The van der Waals surface area contributed by atoms with Gasteiger partial charge in [-0.15, -0.1) is 0 Å². The average Bonchev–Trinajstić information content (AvgIpc) is 2.12. The molecule has 0 aromatic carbocycles. The van der Waals surface area contributed by atoms with Gasteiger partial charge in [-0.1, -0.05) is 0 Å². The summed E-state index contributed by atoms with van der Waals surface area (Å²) in [5.41, 5.74) is 3.33. The number of hydrogen-bond acceptors (Lipinski definition) is 3. The molecular formula is C7H14N3O4+. The minimum absolute atomic E-state index is 0.0515. The number of rotatable bonds is 5. The lowest BCUT2D eigenvalue weighted by Crippen LogP contribution is -2.58. The van der Waals surface area contributed by atoms with Gasteiger partial charge >= 0.3 is 5.97 Å². The van der Waals surface area contributed by atoms with Gasteiger partial charge in [-0.3, -0.25) is 14.4 Å². The first-order valence-electron chi connectivity index (χ1n) is 3.99. The van der Waals surface area contributed by atoms with E-state index in [0.29, 0.717) is 0 Å². The van der Waals surface area contributed by atoms with Crippen LogP contribution in [0.4, 0.5) is 0 Å². The monoisotopic (exact) mass is 204 g/mol. The summed E-state index contributed by atoms with van der Waals surface area (Å²) in [4.78, 5) is 33.1. The molecule has 0 aromatic heterocycles. The maximum Gasteiger partial charge on any atom is 0.323 e. The van der Waals surface area contributed by atoms with Crippen molar-refractivity contribution in [2.45, 2.75) is 0 Å². The fourth-order valence-corrected chi connectivity index (χ4v) is 0.689. The molecule has 14 heavy (non-hydrogen) atoms. The summed E-state index contributed by atoms with van der Waals surface area (Å²) in [7, 11) is 1.35. The second-order valence-electron chi connectivity index (χ2n) is 2.67. The Morgan fingerprint density at radius 1 is 1.43 bits per heavy atom.